The SMILES string of the molecule is C/C=C(\C=C/NC)CN(CCC)CCNCCNCc1nc2ccccc2n1CC1=CCCC=C1. The fourth-order valence-electron chi connectivity index (χ4n) is 4.42. The van der Waals surface area contributed by atoms with Gasteiger partial charge >= 0.3 is 0 Å². The summed E-state index contributed by atoms with van der Waals surface area (Å²) in [4.78, 5) is 7.44. The zero-order valence-electron chi connectivity index (χ0n) is 21.9. The molecular formula is C29H44N6. The molecule has 0 amide bonds. The summed E-state index contributed by atoms with van der Waals surface area (Å²) in [6.07, 6.45) is 16.7. The number of nitrogens with zero attached hydrogens (tertiary/aromatic N) is 3. The molecule has 0 atom stereocenters. The summed E-state index contributed by atoms with van der Waals surface area (Å²) in [5, 5.41) is 10.3. The summed E-state index contributed by atoms with van der Waals surface area (Å²) in [7, 11) is 1.94. The normalized spacial score (nSPS) is 14.4. The topological polar surface area (TPSA) is 57.1 Å². The first-order valence-corrected chi connectivity index (χ1v) is 13.2. The van der Waals surface area contributed by atoms with Gasteiger partial charge in [0.05, 0.1) is 17.6 Å². The van der Waals surface area contributed by atoms with Crippen LogP contribution in [0.3, 0.4) is 0 Å². The maximum atomic E-state index is 4.92. The molecule has 190 valence electrons. The molecule has 0 bridgehead atoms. The second-order valence-electron chi connectivity index (χ2n) is 9.05. The molecule has 0 aliphatic heterocycles. The summed E-state index contributed by atoms with van der Waals surface area (Å²) in [6.45, 7) is 12.0. The van der Waals surface area contributed by atoms with E-state index >= 15 is 0 Å². The van der Waals surface area contributed by atoms with Crippen molar-refractivity contribution in [1.82, 2.24) is 30.4 Å². The van der Waals surface area contributed by atoms with Gasteiger partial charge in [-0.1, -0.05) is 43.4 Å². The number of hydrogen-bond acceptors (Lipinski definition) is 5. The van der Waals surface area contributed by atoms with Crippen LogP contribution in [0.15, 0.2) is 72.0 Å². The number of fused-ring (bicyclic) bond motifs is 1. The number of aromatic nitrogens is 2. The fourth-order valence-corrected chi connectivity index (χ4v) is 4.42. The lowest BCUT2D eigenvalue weighted by Gasteiger charge is -2.22. The molecule has 6 heteroatoms. The van der Waals surface area contributed by atoms with Crippen molar-refractivity contribution in [1.29, 1.82) is 0 Å². The van der Waals surface area contributed by atoms with Crippen LogP contribution in [0.5, 0.6) is 0 Å². The van der Waals surface area contributed by atoms with Crippen molar-refractivity contribution < 1.29 is 0 Å². The van der Waals surface area contributed by atoms with E-state index in [1.807, 2.05) is 13.2 Å². The molecule has 0 unspecified atom stereocenters. The van der Waals surface area contributed by atoms with Crippen molar-refractivity contribution in [3.05, 3.63) is 77.8 Å². The lowest BCUT2D eigenvalue weighted by Crippen LogP contribution is -2.36. The van der Waals surface area contributed by atoms with Gasteiger partial charge in [0.1, 0.15) is 5.82 Å². The van der Waals surface area contributed by atoms with Crippen LogP contribution in [-0.2, 0) is 13.1 Å². The van der Waals surface area contributed by atoms with Crippen molar-refractivity contribution in [2.75, 3.05) is 46.3 Å². The van der Waals surface area contributed by atoms with E-state index in [0.717, 1.165) is 76.5 Å². The van der Waals surface area contributed by atoms with Gasteiger partial charge in [-0.25, -0.2) is 4.98 Å². The van der Waals surface area contributed by atoms with Crippen molar-refractivity contribution >= 4 is 11.0 Å². The zero-order chi connectivity index (χ0) is 24.7. The van der Waals surface area contributed by atoms with Gasteiger partial charge in [0, 0.05) is 46.3 Å². The highest BCUT2D eigenvalue weighted by Crippen LogP contribution is 2.20. The second-order valence-corrected chi connectivity index (χ2v) is 9.05. The van der Waals surface area contributed by atoms with E-state index in [9.17, 15) is 0 Å². The van der Waals surface area contributed by atoms with Gasteiger partial charge in [-0.3, -0.25) is 4.90 Å². The molecule has 3 N–H and O–H groups in total. The minimum atomic E-state index is 0.776. The lowest BCUT2D eigenvalue weighted by atomic mass is 10.1. The number of para-hydroxylation sites is 2. The Morgan fingerprint density at radius 3 is 2.74 bits per heavy atom. The van der Waals surface area contributed by atoms with Gasteiger partial charge < -0.3 is 20.5 Å². The summed E-state index contributed by atoms with van der Waals surface area (Å²) < 4.78 is 2.36. The number of nitrogens with one attached hydrogen (secondary N) is 3. The van der Waals surface area contributed by atoms with E-state index in [1.165, 1.54) is 23.1 Å². The van der Waals surface area contributed by atoms with Crippen LogP contribution in [0.1, 0.15) is 38.9 Å². The van der Waals surface area contributed by atoms with E-state index in [2.05, 4.69) is 93.9 Å². The first kappa shape index (κ1) is 26.9. The summed E-state index contributed by atoms with van der Waals surface area (Å²) in [5.41, 5.74) is 5.01. The number of allylic oxidation sites excluding steroid dienone is 5. The van der Waals surface area contributed by atoms with Gasteiger partial charge in [0.2, 0.25) is 0 Å². The molecule has 6 nitrogen and oxygen atoms in total. The smallest absolute Gasteiger partial charge is 0.124 e. The van der Waals surface area contributed by atoms with Gasteiger partial charge in [0.25, 0.3) is 0 Å². The Labute approximate surface area is 211 Å². The molecule has 1 heterocycles. The highest BCUT2D eigenvalue weighted by atomic mass is 15.1. The molecule has 0 spiro atoms. The first-order valence-electron chi connectivity index (χ1n) is 13.2. The summed E-state index contributed by atoms with van der Waals surface area (Å²) in [5.74, 6) is 1.11. The van der Waals surface area contributed by atoms with E-state index < -0.39 is 0 Å². The van der Waals surface area contributed by atoms with Gasteiger partial charge in [-0.05, 0) is 68.3 Å². The number of rotatable bonds is 16. The molecule has 3 rings (SSSR count). The quantitative estimate of drug-likeness (QED) is 0.248. The molecule has 1 aliphatic rings. The van der Waals surface area contributed by atoms with E-state index in [1.54, 1.807) is 0 Å². The maximum absolute atomic E-state index is 4.92. The molecule has 1 aliphatic carbocycles. The summed E-state index contributed by atoms with van der Waals surface area (Å²) in [6, 6.07) is 8.46. The largest absolute Gasteiger partial charge is 0.394 e. The molecule has 0 fully saturated rings. The van der Waals surface area contributed by atoms with Crippen LogP contribution in [-0.4, -0.2) is 60.8 Å². The van der Waals surface area contributed by atoms with Crippen LogP contribution in [0, 0.1) is 0 Å². The summed E-state index contributed by atoms with van der Waals surface area (Å²) >= 11 is 0. The Hall–Kier alpha value is -2.67. The Bertz CT molecular complexity index is 1010. The van der Waals surface area contributed by atoms with E-state index in [0.29, 0.717) is 0 Å². The monoisotopic (exact) mass is 476 g/mol. The van der Waals surface area contributed by atoms with Crippen LogP contribution >= 0.6 is 0 Å². The van der Waals surface area contributed by atoms with Gasteiger partial charge in [-0.15, -0.1) is 0 Å². The predicted octanol–water partition coefficient (Wildman–Crippen LogP) is 4.38. The third kappa shape index (κ3) is 8.80. The second kappa shape index (κ2) is 15.4. The van der Waals surface area contributed by atoms with E-state index in [4.69, 9.17) is 4.98 Å². The standard InChI is InChI=1S/C29H44N6/c1-4-20-34(23-25(5-2)15-16-30-3)21-19-31-17-18-32-22-29-33-27-13-9-10-14-28(27)35(29)24-26-11-7-6-8-12-26/h5,7,9-16,30-32H,4,6,8,17-24H2,1-3H3/b16-15-,25-5+. The first-order chi connectivity index (χ1) is 17.2. The van der Waals surface area contributed by atoms with Gasteiger partial charge in [0.15, 0.2) is 0 Å². The highest BCUT2D eigenvalue weighted by molar-refractivity contribution is 5.76. The average Bonchev–Trinajstić information content (AvgIpc) is 3.23. The molecule has 0 radical (unpaired) electrons. The molecule has 0 saturated heterocycles. The van der Waals surface area contributed by atoms with Crippen molar-refractivity contribution in [3.8, 4) is 0 Å². The van der Waals surface area contributed by atoms with Crippen molar-refractivity contribution in [3.63, 3.8) is 0 Å². The van der Waals surface area contributed by atoms with Crippen LogP contribution in [0.2, 0.25) is 0 Å². The Kier molecular flexibility index (Phi) is 11.8. The molecule has 1 aromatic heterocycles. The molecule has 0 saturated carbocycles. The highest BCUT2D eigenvalue weighted by Gasteiger charge is 2.11. The molecule has 35 heavy (non-hydrogen) atoms. The number of hydrogen-bond donors (Lipinski definition) is 3. The Balaban J connectivity index is 1.44. The number of imidazole rings is 1. The third-order valence-corrected chi connectivity index (χ3v) is 6.29. The maximum Gasteiger partial charge on any atom is 0.124 e. The Morgan fingerprint density at radius 2 is 1.97 bits per heavy atom. The zero-order valence-corrected chi connectivity index (χ0v) is 21.9. The van der Waals surface area contributed by atoms with Gasteiger partial charge in [-0.2, -0.15) is 0 Å². The van der Waals surface area contributed by atoms with Crippen molar-refractivity contribution in [2.24, 2.45) is 0 Å². The van der Waals surface area contributed by atoms with E-state index in [-0.39, 0.29) is 0 Å². The molecular weight excluding hydrogens is 432 g/mol. The van der Waals surface area contributed by atoms with Crippen LogP contribution < -0.4 is 16.0 Å². The van der Waals surface area contributed by atoms with Crippen LogP contribution in [0.25, 0.3) is 11.0 Å². The fraction of sp³-hybridized carbons (Fsp3) is 0.483. The lowest BCUT2D eigenvalue weighted by molar-refractivity contribution is 0.297. The number of benzene rings is 1. The molecule has 2 aromatic rings. The van der Waals surface area contributed by atoms with Crippen LogP contribution in [0.4, 0.5) is 0 Å². The third-order valence-electron chi connectivity index (χ3n) is 6.29. The Morgan fingerprint density at radius 1 is 1.11 bits per heavy atom. The minimum Gasteiger partial charge on any atom is -0.394 e. The van der Waals surface area contributed by atoms with Crippen molar-refractivity contribution in [2.45, 2.75) is 46.2 Å². The average molecular weight is 477 g/mol. The molecule has 1 aromatic carbocycles. The minimum absolute atomic E-state index is 0.776. The predicted molar refractivity (Wildman–Crippen MR) is 149 cm³/mol.